The minimum Gasteiger partial charge on any atom is -0.481 e. The Balaban J connectivity index is 2.71. The topological polar surface area (TPSA) is 57.5 Å². The summed E-state index contributed by atoms with van der Waals surface area (Å²) >= 11 is 0. The first kappa shape index (κ1) is 17.4. The summed E-state index contributed by atoms with van der Waals surface area (Å²) in [5.41, 5.74) is 0.0472. The van der Waals surface area contributed by atoms with Crippen LogP contribution < -0.4 is 0 Å². The number of allylic oxidation sites excluding steroid dienone is 1. The van der Waals surface area contributed by atoms with Crippen LogP contribution in [0.15, 0.2) is 12.2 Å². The first-order valence-electron chi connectivity index (χ1n) is 7.82. The molecule has 0 saturated heterocycles. The molecule has 1 aliphatic rings. The summed E-state index contributed by atoms with van der Waals surface area (Å²) in [4.78, 5) is 11.5. The van der Waals surface area contributed by atoms with Crippen molar-refractivity contribution in [2.45, 2.75) is 70.3 Å². The molecule has 20 heavy (non-hydrogen) atoms. The standard InChI is InChI=1S/C16H30O3Si/c1-12(20(2,3)4)15(16(18)19)14(17)11-10-13-8-6-5-7-9-13/h10-15,17H,5-9H2,1-4H3,(H,18,19)/b11-10+/t12-,14-,15+/m1/s1. The van der Waals surface area contributed by atoms with Crippen LogP contribution in [0, 0.1) is 11.8 Å². The summed E-state index contributed by atoms with van der Waals surface area (Å²) in [7, 11) is -1.59. The highest BCUT2D eigenvalue weighted by atomic mass is 28.3. The van der Waals surface area contributed by atoms with Gasteiger partial charge >= 0.3 is 5.97 Å². The van der Waals surface area contributed by atoms with Crippen LogP contribution in [0.3, 0.4) is 0 Å². The zero-order chi connectivity index (χ0) is 15.3. The number of hydrogen-bond donors (Lipinski definition) is 2. The molecule has 1 saturated carbocycles. The lowest BCUT2D eigenvalue weighted by molar-refractivity contribution is -0.144. The van der Waals surface area contributed by atoms with Crippen LogP contribution in [0.2, 0.25) is 25.2 Å². The van der Waals surface area contributed by atoms with Crippen molar-refractivity contribution >= 4 is 14.0 Å². The Labute approximate surface area is 124 Å². The van der Waals surface area contributed by atoms with Gasteiger partial charge in [-0.3, -0.25) is 4.79 Å². The quantitative estimate of drug-likeness (QED) is 0.577. The molecule has 3 nitrogen and oxygen atoms in total. The summed E-state index contributed by atoms with van der Waals surface area (Å²) in [6.45, 7) is 8.45. The molecule has 4 heteroatoms. The third-order valence-electron chi connectivity index (χ3n) is 4.79. The van der Waals surface area contributed by atoms with Crippen LogP contribution in [0.1, 0.15) is 39.0 Å². The van der Waals surface area contributed by atoms with E-state index in [0.717, 1.165) is 0 Å². The van der Waals surface area contributed by atoms with Crippen LogP contribution in [-0.2, 0) is 4.79 Å². The average molecular weight is 298 g/mol. The predicted octanol–water partition coefficient (Wildman–Crippen LogP) is 3.91. The van der Waals surface area contributed by atoms with Crippen molar-refractivity contribution in [2.24, 2.45) is 11.8 Å². The number of aliphatic hydroxyl groups excluding tert-OH is 1. The van der Waals surface area contributed by atoms with Gasteiger partial charge in [-0.2, -0.15) is 0 Å². The molecule has 0 aromatic rings. The van der Waals surface area contributed by atoms with E-state index < -0.39 is 26.1 Å². The van der Waals surface area contributed by atoms with Crippen molar-refractivity contribution in [3.63, 3.8) is 0 Å². The van der Waals surface area contributed by atoms with Crippen molar-refractivity contribution in [1.29, 1.82) is 0 Å². The maximum absolute atomic E-state index is 11.5. The Kier molecular flexibility index (Phi) is 6.46. The lowest BCUT2D eigenvalue weighted by Gasteiger charge is -2.32. The van der Waals surface area contributed by atoms with E-state index >= 15 is 0 Å². The van der Waals surface area contributed by atoms with Crippen molar-refractivity contribution in [1.82, 2.24) is 0 Å². The van der Waals surface area contributed by atoms with Gasteiger partial charge < -0.3 is 10.2 Å². The highest BCUT2D eigenvalue weighted by Crippen LogP contribution is 2.33. The minimum atomic E-state index is -1.59. The van der Waals surface area contributed by atoms with Crippen LogP contribution in [0.25, 0.3) is 0 Å². The van der Waals surface area contributed by atoms with Crippen LogP contribution >= 0.6 is 0 Å². The fraction of sp³-hybridized carbons (Fsp3) is 0.812. The molecule has 0 bridgehead atoms. The second-order valence-corrected chi connectivity index (χ2v) is 12.9. The van der Waals surface area contributed by atoms with Gasteiger partial charge in [-0.05, 0) is 24.3 Å². The molecular formula is C16H30O3Si. The molecule has 0 amide bonds. The van der Waals surface area contributed by atoms with Crippen molar-refractivity contribution in [3.8, 4) is 0 Å². The van der Waals surface area contributed by atoms with E-state index in [-0.39, 0.29) is 5.54 Å². The molecule has 0 unspecified atom stereocenters. The predicted molar refractivity (Wildman–Crippen MR) is 85.6 cm³/mol. The van der Waals surface area contributed by atoms with Gasteiger partial charge in [-0.25, -0.2) is 0 Å². The lowest BCUT2D eigenvalue weighted by Crippen LogP contribution is -2.40. The van der Waals surface area contributed by atoms with Crippen molar-refractivity contribution in [2.75, 3.05) is 0 Å². The molecule has 2 N–H and O–H groups in total. The Hall–Kier alpha value is -0.613. The van der Waals surface area contributed by atoms with Gasteiger partial charge in [0.25, 0.3) is 0 Å². The summed E-state index contributed by atoms with van der Waals surface area (Å²) in [6.07, 6.45) is 9.07. The van der Waals surface area contributed by atoms with Gasteiger partial charge in [0.15, 0.2) is 0 Å². The van der Waals surface area contributed by atoms with Crippen LogP contribution in [-0.4, -0.2) is 30.4 Å². The molecule has 0 heterocycles. The summed E-state index contributed by atoms with van der Waals surface area (Å²) in [5.74, 6) is -1.03. The molecule has 1 rings (SSSR count). The second-order valence-electron chi connectivity index (χ2n) is 7.29. The summed E-state index contributed by atoms with van der Waals surface area (Å²) in [6, 6.07) is 0. The Morgan fingerprint density at radius 2 is 1.75 bits per heavy atom. The molecule has 0 aromatic carbocycles. The molecule has 1 fully saturated rings. The highest BCUT2D eigenvalue weighted by molar-refractivity contribution is 6.77. The molecule has 0 spiro atoms. The molecule has 1 aliphatic carbocycles. The minimum absolute atomic E-state index is 0.0472. The third-order valence-corrected chi connectivity index (χ3v) is 7.88. The van der Waals surface area contributed by atoms with Crippen LogP contribution in [0.5, 0.6) is 0 Å². The van der Waals surface area contributed by atoms with Crippen molar-refractivity contribution < 1.29 is 15.0 Å². The van der Waals surface area contributed by atoms with E-state index in [0.29, 0.717) is 5.92 Å². The first-order chi connectivity index (χ1) is 9.23. The number of aliphatic hydroxyl groups is 1. The number of carboxylic acids is 1. The number of aliphatic carboxylic acids is 1. The highest BCUT2D eigenvalue weighted by Gasteiger charge is 2.38. The maximum Gasteiger partial charge on any atom is 0.309 e. The average Bonchev–Trinajstić information content (AvgIpc) is 2.36. The molecular weight excluding hydrogens is 268 g/mol. The smallest absolute Gasteiger partial charge is 0.309 e. The van der Waals surface area contributed by atoms with Crippen molar-refractivity contribution in [3.05, 3.63) is 12.2 Å². The van der Waals surface area contributed by atoms with Gasteiger partial charge in [0.2, 0.25) is 0 Å². The largest absolute Gasteiger partial charge is 0.481 e. The second kappa shape index (κ2) is 7.41. The van der Waals surface area contributed by atoms with E-state index in [9.17, 15) is 15.0 Å². The molecule has 0 radical (unpaired) electrons. The molecule has 116 valence electrons. The van der Waals surface area contributed by atoms with Gasteiger partial charge in [0.05, 0.1) is 12.0 Å². The molecule has 0 aliphatic heterocycles. The number of carboxylic acid groups (broad SMARTS) is 1. The molecule has 3 atom stereocenters. The van der Waals surface area contributed by atoms with Gasteiger partial charge in [0.1, 0.15) is 0 Å². The van der Waals surface area contributed by atoms with E-state index in [1.807, 2.05) is 6.92 Å². The SMILES string of the molecule is C[C@H]([C@H](C(=O)O)[C@H](O)/C=C/C1CCCCC1)[Si](C)(C)C. The van der Waals surface area contributed by atoms with E-state index in [4.69, 9.17) is 0 Å². The van der Waals surface area contributed by atoms with Gasteiger partial charge in [-0.1, -0.05) is 58.0 Å². The Morgan fingerprint density at radius 1 is 1.20 bits per heavy atom. The third kappa shape index (κ3) is 5.06. The zero-order valence-corrected chi connectivity index (χ0v) is 14.3. The normalized spacial score (nSPS) is 22.6. The fourth-order valence-electron chi connectivity index (χ4n) is 2.91. The van der Waals surface area contributed by atoms with E-state index in [2.05, 4.69) is 25.7 Å². The Bertz CT molecular complexity index is 340. The lowest BCUT2D eigenvalue weighted by atomic mass is 9.88. The first-order valence-corrected chi connectivity index (χ1v) is 11.4. The maximum atomic E-state index is 11.5. The van der Waals surface area contributed by atoms with E-state index in [1.165, 1.54) is 32.1 Å². The number of carbonyl (C=O) groups is 1. The Morgan fingerprint density at radius 3 is 2.20 bits per heavy atom. The number of rotatable bonds is 6. The van der Waals surface area contributed by atoms with Crippen LogP contribution in [0.4, 0.5) is 0 Å². The molecule has 0 aromatic heterocycles. The number of hydrogen-bond acceptors (Lipinski definition) is 2. The monoisotopic (exact) mass is 298 g/mol. The summed E-state index contributed by atoms with van der Waals surface area (Å²) < 4.78 is 0. The fourth-order valence-corrected chi connectivity index (χ4v) is 4.33. The van der Waals surface area contributed by atoms with Gasteiger partial charge in [0, 0.05) is 8.07 Å². The van der Waals surface area contributed by atoms with E-state index in [1.54, 1.807) is 6.08 Å². The zero-order valence-electron chi connectivity index (χ0n) is 13.3. The summed E-state index contributed by atoms with van der Waals surface area (Å²) in [5, 5.41) is 19.7. The van der Waals surface area contributed by atoms with Gasteiger partial charge in [-0.15, -0.1) is 0 Å².